The first-order chi connectivity index (χ1) is 8.15. The van der Waals surface area contributed by atoms with E-state index >= 15 is 0 Å². The normalized spacial score (nSPS) is 10.5. The third-order valence-electron chi connectivity index (χ3n) is 2.56. The van der Waals surface area contributed by atoms with Crippen LogP contribution in [0.2, 0.25) is 0 Å². The van der Waals surface area contributed by atoms with Crippen molar-refractivity contribution in [3.63, 3.8) is 0 Å². The van der Waals surface area contributed by atoms with Crippen LogP contribution in [0.15, 0.2) is 24.7 Å². The van der Waals surface area contributed by atoms with Crippen LogP contribution in [0.4, 0.5) is 11.5 Å². The summed E-state index contributed by atoms with van der Waals surface area (Å²) < 4.78 is 1.91. The van der Waals surface area contributed by atoms with Crippen molar-refractivity contribution < 1.29 is 0 Å². The van der Waals surface area contributed by atoms with E-state index in [0.717, 1.165) is 30.2 Å². The van der Waals surface area contributed by atoms with Crippen molar-refractivity contribution in [1.82, 2.24) is 14.8 Å². The standard InChI is InChI=1S/C12H17N5/c1-9-6-16-17(8-9)4-3-14-12-5-10(2)11(13)7-15-12/h5-8H,3-4,13H2,1-2H3,(H,14,15). The maximum Gasteiger partial charge on any atom is 0.126 e. The van der Waals surface area contributed by atoms with Gasteiger partial charge in [-0.2, -0.15) is 5.10 Å². The number of hydrogen-bond acceptors (Lipinski definition) is 4. The Morgan fingerprint density at radius 2 is 2.18 bits per heavy atom. The van der Waals surface area contributed by atoms with Gasteiger partial charge in [0.1, 0.15) is 5.82 Å². The zero-order valence-corrected chi connectivity index (χ0v) is 10.1. The van der Waals surface area contributed by atoms with Gasteiger partial charge < -0.3 is 11.1 Å². The van der Waals surface area contributed by atoms with Crippen molar-refractivity contribution in [2.75, 3.05) is 17.6 Å². The van der Waals surface area contributed by atoms with Crippen molar-refractivity contribution >= 4 is 11.5 Å². The van der Waals surface area contributed by atoms with Gasteiger partial charge in [0.25, 0.3) is 0 Å². The molecule has 0 atom stereocenters. The largest absolute Gasteiger partial charge is 0.397 e. The van der Waals surface area contributed by atoms with Gasteiger partial charge in [-0.05, 0) is 31.0 Å². The fourth-order valence-corrected chi connectivity index (χ4v) is 1.55. The van der Waals surface area contributed by atoms with Gasteiger partial charge in [0.05, 0.1) is 24.6 Å². The summed E-state index contributed by atoms with van der Waals surface area (Å²) in [6.07, 6.45) is 5.55. The number of anilines is 2. The zero-order chi connectivity index (χ0) is 12.3. The zero-order valence-electron chi connectivity index (χ0n) is 10.1. The Kier molecular flexibility index (Phi) is 3.27. The monoisotopic (exact) mass is 231 g/mol. The molecular formula is C12H17N5. The van der Waals surface area contributed by atoms with Crippen LogP contribution in [0.1, 0.15) is 11.1 Å². The van der Waals surface area contributed by atoms with E-state index in [0.29, 0.717) is 0 Å². The quantitative estimate of drug-likeness (QED) is 0.838. The highest BCUT2D eigenvalue weighted by Gasteiger charge is 1.98. The molecule has 0 aliphatic rings. The highest BCUT2D eigenvalue weighted by molar-refractivity contribution is 5.50. The summed E-state index contributed by atoms with van der Waals surface area (Å²) >= 11 is 0. The van der Waals surface area contributed by atoms with Gasteiger partial charge in [0, 0.05) is 12.7 Å². The van der Waals surface area contributed by atoms with E-state index in [2.05, 4.69) is 15.4 Å². The van der Waals surface area contributed by atoms with E-state index in [4.69, 9.17) is 5.73 Å². The summed E-state index contributed by atoms with van der Waals surface area (Å²) in [6.45, 7) is 5.61. The van der Waals surface area contributed by atoms with Crippen molar-refractivity contribution in [2.45, 2.75) is 20.4 Å². The van der Waals surface area contributed by atoms with E-state index in [-0.39, 0.29) is 0 Å². The molecular weight excluding hydrogens is 214 g/mol. The average Bonchev–Trinajstić information content (AvgIpc) is 2.70. The van der Waals surface area contributed by atoms with E-state index < -0.39 is 0 Å². The Labute approximate surface area is 101 Å². The molecule has 0 fully saturated rings. The number of nitrogen functional groups attached to an aromatic ring is 1. The molecule has 2 heterocycles. The van der Waals surface area contributed by atoms with Crippen molar-refractivity contribution in [3.05, 3.63) is 35.8 Å². The third kappa shape index (κ3) is 2.96. The van der Waals surface area contributed by atoms with Crippen LogP contribution in [0, 0.1) is 13.8 Å². The van der Waals surface area contributed by atoms with Crippen molar-refractivity contribution in [3.8, 4) is 0 Å². The summed E-state index contributed by atoms with van der Waals surface area (Å²) in [7, 11) is 0. The lowest BCUT2D eigenvalue weighted by molar-refractivity contribution is 0.636. The summed E-state index contributed by atoms with van der Waals surface area (Å²) in [5, 5.41) is 7.46. The highest BCUT2D eigenvalue weighted by atomic mass is 15.3. The molecule has 5 heteroatoms. The fourth-order valence-electron chi connectivity index (χ4n) is 1.55. The highest BCUT2D eigenvalue weighted by Crippen LogP contribution is 2.12. The lowest BCUT2D eigenvalue weighted by Gasteiger charge is -2.07. The lowest BCUT2D eigenvalue weighted by Crippen LogP contribution is -2.11. The van der Waals surface area contributed by atoms with E-state index in [1.54, 1.807) is 6.20 Å². The minimum Gasteiger partial charge on any atom is -0.397 e. The van der Waals surface area contributed by atoms with Crippen LogP contribution in [-0.4, -0.2) is 21.3 Å². The molecule has 2 aromatic rings. The fraction of sp³-hybridized carbons (Fsp3) is 0.333. The van der Waals surface area contributed by atoms with Gasteiger partial charge in [-0.3, -0.25) is 4.68 Å². The second-order valence-corrected chi connectivity index (χ2v) is 4.13. The van der Waals surface area contributed by atoms with Crippen LogP contribution in [0.25, 0.3) is 0 Å². The van der Waals surface area contributed by atoms with Crippen molar-refractivity contribution in [2.24, 2.45) is 0 Å². The maximum atomic E-state index is 5.71. The van der Waals surface area contributed by atoms with Gasteiger partial charge in [0.15, 0.2) is 0 Å². The first-order valence-electron chi connectivity index (χ1n) is 5.60. The molecule has 0 radical (unpaired) electrons. The summed E-state index contributed by atoms with van der Waals surface area (Å²) in [5.74, 6) is 0.848. The number of aryl methyl sites for hydroxylation is 2. The molecule has 2 rings (SSSR count). The number of hydrogen-bond donors (Lipinski definition) is 2. The van der Waals surface area contributed by atoms with E-state index in [1.165, 1.54) is 5.56 Å². The average molecular weight is 231 g/mol. The molecule has 0 unspecified atom stereocenters. The first-order valence-corrected chi connectivity index (χ1v) is 5.60. The maximum absolute atomic E-state index is 5.71. The number of nitrogens with one attached hydrogen (secondary N) is 1. The van der Waals surface area contributed by atoms with Crippen molar-refractivity contribution in [1.29, 1.82) is 0 Å². The molecule has 2 aromatic heterocycles. The third-order valence-corrected chi connectivity index (χ3v) is 2.56. The Balaban J connectivity index is 1.87. The Hall–Kier alpha value is -2.04. The SMILES string of the molecule is Cc1cnn(CCNc2cc(C)c(N)cn2)c1. The van der Waals surface area contributed by atoms with Gasteiger partial charge in [-0.25, -0.2) is 4.98 Å². The number of aromatic nitrogens is 3. The van der Waals surface area contributed by atoms with E-state index in [9.17, 15) is 0 Å². The van der Waals surface area contributed by atoms with Crippen LogP contribution in [0.3, 0.4) is 0 Å². The first kappa shape index (κ1) is 11.4. The number of nitrogens with two attached hydrogens (primary N) is 1. The molecule has 0 aromatic carbocycles. The lowest BCUT2D eigenvalue weighted by atomic mass is 10.2. The minimum absolute atomic E-state index is 0.721. The van der Waals surface area contributed by atoms with Gasteiger partial charge >= 0.3 is 0 Å². The van der Waals surface area contributed by atoms with Crippen LogP contribution in [0.5, 0.6) is 0 Å². The Morgan fingerprint density at radius 1 is 1.35 bits per heavy atom. The summed E-state index contributed by atoms with van der Waals surface area (Å²) in [4.78, 5) is 4.21. The molecule has 3 N–H and O–H groups in total. The predicted octanol–water partition coefficient (Wildman–Crippen LogP) is 1.59. The molecule has 5 nitrogen and oxygen atoms in total. The molecule has 0 saturated carbocycles. The Bertz CT molecular complexity index is 503. The molecule has 90 valence electrons. The van der Waals surface area contributed by atoms with Gasteiger partial charge in [0.2, 0.25) is 0 Å². The second kappa shape index (κ2) is 4.86. The molecule has 0 amide bonds. The van der Waals surface area contributed by atoms with Crippen LogP contribution in [-0.2, 0) is 6.54 Å². The predicted molar refractivity (Wildman–Crippen MR) is 68.8 cm³/mol. The van der Waals surface area contributed by atoms with Gasteiger partial charge in [-0.1, -0.05) is 0 Å². The van der Waals surface area contributed by atoms with Crippen LogP contribution < -0.4 is 11.1 Å². The van der Waals surface area contributed by atoms with Gasteiger partial charge in [-0.15, -0.1) is 0 Å². The minimum atomic E-state index is 0.721. The summed E-state index contributed by atoms with van der Waals surface area (Å²) in [6, 6.07) is 1.95. The number of rotatable bonds is 4. The van der Waals surface area contributed by atoms with Crippen LogP contribution >= 0.6 is 0 Å². The molecule has 0 bridgehead atoms. The second-order valence-electron chi connectivity index (χ2n) is 4.13. The Morgan fingerprint density at radius 3 is 2.82 bits per heavy atom. The molecule has 0 aliphatic heterocycles. The van der Waals surface area contributed by atoms with E-state index in [1.807, 2.05) is 37.0 Å². The number of nitrogens with zero attached hydrogens (tertiary/aromatic N) is 3. The smallest absolute Gasteiger partial charge is 0.126 e. The molecule has 17 heavy (non-hydrogen) atoms. The number of pyridine rings is 1. The molecule has 0 spiro atoms. The topological polar surface area (TPSA) is 68.8 Å². The summed E-state index contributed by atoms with van der Waals surface area (Å²) in [5.41, 5.74) is 8.64. The molecule has 0 saturated heterocycles. The molecule has 0 aliphatic carbocycles.